The van der Waals surface area contributed by atoms with E-state index in [1.165, 1.54) is 7.11 Å². The number of halogens is 1. The number of para-hydroxylation sites is 3. The fourth-order valence-electron chi connectivity index (χ4n) is 4.28. The highest BCUT2D eigenvalue weighted by atomic mass is 35.5. The number of carbonyl (C=O) groups is 3. The number of carbonyl (C=O) groups excluding carboxylic acids is 3. The predicted octanol–water partition coefficient (Wildman–Crippen LogP) is 4.88. The molecule has 2 heterocycles. The minimum absolute atomic E-state index is 0.0933. The van der Waals surface area contributed by atoms with Crippen LogP contribution in [0.4, 0.5) is 10.5 Å². The van der Waals surface area contributed by atoms with E-state index < -0.39 is 24.4 Å². The van der Waals surface area contributed by atoms with Crippen molar-refractivity contribution in [2.45, 2.75) is 6.54 Å². The summed E-state index contributed by atoms with van der Waals surface area (Å²) in [6, 6.07) is 21.6. The molecule has 0 aliphatic carbocycles. The Hall–Kier alpha value is -4.56. The van der Waals surface area contributed by atoms with Crippen LogP contribution in [-0.4, -0.2) is 41.0 Å². The lowest BCUT2D eigenvalue weighted by Gasteiger charge is -2.13. The number of nitrogens with one attached hydrogen (secondary N) is 2. The first kappa shape index (κ1) is 24.1. The van der Waals surface area contributed by atoms with Gasteiger partial charge in [0.15, 0.2) is 0 Å². The van der Waals surface area contributed by atoms with E-state index in [4.69, 9.17) is 16.3 Å². The van der Waals surface area contributed by atoms with Crippen LogP contribution >= 0.6 is 11.6 Å². The highest BCUT2D eigenvalue weighted by Crippen LogP contribution is 2.27. The molecule has 8 nitrogen and oxygen atoms in total. The molecule has 2 N–H and O–H groups in total. The summed E-state index contributed by atoms with van der Waals surface area (Å²) in [5.74, 6) is -0.629. The number of rotatable bonds is 7. The van der Waals surface area contributed by atoms with Crippen molar-refractivity contribution in [3.05, 3.63) is 101 Å². The fourth-order valence-corrected chi connectivity index (χ4v) is 4.48. The largest absolute Gasteiger partial charge is 0.495 e. The van der Waals surface area contributed by atoms with Gasteiger partial charge in [-0.15, -0.1) is 0 Å². The molecule has 1 aromatic heterocycles. The van der Waals surface area contributed by atoms with E-state index in [-0.39, 0.29) is 5.70 Å². The monoisotopic (exact) mass is 514 g/mol. The number of benzene rings is 3. The number of ether oxygens (including phenoxy) is 1. The molecule has 5 rings (SSSR count). The second-order valence-electron chi connectivity index (χ2n) is 8.45. The minimum Gasteiger partial charge on any atom is -0.495 e. The van der Waals surface area contributed by atoms with Gasteiger partial charge >= 0.3 is 6.03 Å². The molecule has 0 unspecified atom stereocenters. The Morgan fingerprint density at radius 1 is 1.03 bits per heavy atom. The first-order valence-corrected chi connectivity index (χ1v) is 11.9. The molecule has 1 fully saturated rings. The molecule has 1 aliphatic rings. The molecule has 37 heavy (non-hydrogen) atoms. The van der Waals surface area contributed by atoms with Gasteiger partial charge in [-0.2, -0.15) is 0 Å². The fraction of sp³-hybridized carbons (Fsp3) is 0.107. The van der Waals surface area contributed by atoms with Gasteiger partial charge in [0.1, 0.15) is 18.0 Å². The van der Waals surface area contributed by atoms with Crippen LogP contribution in [0.25, 0.3) is 17.0 Å². The highest BCUT2D eigenvalue weighted by Gasteiger charge is 2.35. The number of hydrogen-bond donors (Lipinski definition) is 2. The van der Waals surface area contributed by atoms with Crippen molar-refractivity contribution in [1.29, 1.82) is 0 Å². The summed E-state index contributed by atoms with van der Waals surface area (Å²) in [5, 5.41) is 6.85. The third-order valence-corrected chi connectivity index (χ3v) is 6.43. The van der Waals surface area contributed by atoms with Crippen molar-refractivity contribution in [2.75, 3.05) is 19.0 Å². The topological polar surface area (TPSA) is 92.7 Å². The van der Waals surface area contributed by atoms with Crippen LogP contribution in [-0.2, 0) is 16.1 Å². The zero-order valence-electron chi connectivity index (χ0n) is 19.9. The quantitative estimate of drug-likeness (QED) is 0.271. The van der Waals surface area contributed by atoms with E-state index in [9.17, 15) is 14.4 Å². The number of methoxy groups -OCH3 is 1. The third kappa shape index (κ3) is 4.92. The van der Waals surface area contributed by atoms with Crippen LogP contribution in [0.2, 0.25) is 5.02 Å². The van der Waals surface area contributed by atoms with Crippen LogP contribution in [0.15, 0.2) is 84.7 Å². The summed E-state index contributed by atoms with van der Waals surface area (Å²) >= 11 is 6.37. The standard InChI is InChI=1S/C28H23ClN4O4/c1-37-25-13-7-5-11-22(25)30-26(34)17-33-27(35)23(31-28(33)36)14-19-16-32(24-12-6-3-9-20(19)24)15-18-8-2-4-10-21(18)29/h2-14,16H,15,17H2,1H3,(H,30,34)(H,31,36)/b23-14+. The minimum atomic E-state index is -0.661. The number of anilines is 1. The van der Waals surface area contributed by atoms with Crippen molar-refractivity contribution in [3.63, 3.8) is 0 Å². The van der Waals surface area contributed by atoms with Crippen molar-refractivity contribution < 1.29 is 19.1 Å². The predicted molar refractivity (Wildman–Crippen MR) is 142 cm³/mol. The van der Waals surface area contributed by atoms with Crippen molar-refractivity contribution in [3.8, 4) is 5.75 Å². The van der Waals surface area contributed by atoms with E-state index in [1.54, 1.807) is 30.3 Å². The number of imide groups is 1. The normalized spacial score (nSPS) is 14.3. The number of hydrogen-bond acceptors (Lipinski definition) is 4. The molecule has 4 amide bonds. The molecule has 0 radical (unpaired) electrons. The zero-order chi connectivity index (χ0) is 25.9. The van der Waals surface area contributed by atoms with Gasteiger partial charge < -0.3 is 19.9 Å². The lowest BCUT2D eigenvalue weighted by Crippen LogP contribution is -2.38. The Morgan fingerprint density at radius 2 is 1.76 bits per heavy atom. The zero-order valence-corrected chi connectivity index (χ0v) is 20.7. The molecular weight excluding hydrogens is 492 g/mol. The molecule has 3 aromatic carbocycles. The SMILES string of the molecule is COc1ccccc1NC(=O)CN1C(=O)N/C(=C/c2cn(Cc3ccccc3Cl)c3ccccc23)C1=O. The molecule has 0 bridgehead atoms. The van der Waals surface area contributed by atoms with E-state index in [2.05, 4.69) is 10.6 Å². The van der Waals surface area contributed by atoms with Crippen molar-refractivity contribution >= 4 is 52.1 Å². The summed E-state index contributed by atoms with van der Waals surface area (Å²) in [6.45, 7) is 0.104. The van der Waals surface area contributed by atoms with Crippen LogP contribution in [0.3, 0.4) is 0 Å². The molecule has 186 valence electrons. The molecule has 0 saturated carbocycles. The van der Waals surface area contributed by atoms with Crippen LogP contribution < -0.4 is 15.4 Å². The van der Waals surface area contributed by atoms with Crippen LogP contribution in [0.1, 0.15) is 11.1 Å². The van der Waals surface area contributed by atoms with E-state index >= 15 is 0 Å². The second kappa shape index (κ2) is 10.2. The number of amides is 4. The van der Waals surface area contributed by atoms with E-state index in [1.807, 2.05) is 59.3 Å². The molecule has 1 aliphatic heterocycles. The van der Waals surface area contributed by atoms with E-state index in [0.717, 1.165) is 26.9 Å². The lowest BCUT2D eigenvalue weighted by molar-refractivity contribution is -0.127. The summed E-state index contributed by atoms with van der Waals surface area (Å²) < 4.78 is 7.27. The van der Waals surface area contributed by atoms with Gasteiger partial charge in [-0.1, -0.05) is 60.1 Å². The van der Waals surface area contributed by atoms with E-state index in [0.29, 0.717) is 23.0 Å². The molecule has 9 heteroatoms. The Kier molecular flexibility index (Phi) is 6.66. The average molecular weight is 515 g/mol. The number of aromatic nitrogens is 1. The smallest absolute Gasteiger partial charge is 0.329 e. The van der Waals surface area contributed by atoms with Crippen molar-refractivity contribution in [1.82, 2.24) is 14.8 Å². The number of fused-ring (bicyclic) bond motifs is 1. The maximum absolute atomic E-state index is 13.1. The average Bonchev–Trinajstić information content (AvgIpc) is 3.37. The number of nitrogens with zero attached hydrogens (tertiary/aromatic N) is 2. The van der Waals surface area contributed by atoms with Gasteiger partial charge in [-0.05, 0) is 35.9 Å². The maximum atomic E-state index is 13.1. The Balaban J connectivity index is 1.38. The highest BCUT2D eigenvalue weighted by molar-refractivity contribution is 6.31. The molecule has 1 saturated heterocycles. The Morgan fingerprint density at radius 3 is 2.57 bits per heavy atom. The molecule has 0 spiro atoms. The molecular formula is C28H23ClN4O4. The Labute approximate surface area is 218 Å². The van der Waals surface area contributed by atoms with Crippen molar-refractivity contribution in [2.24, 2.45) is 0 Å². The van der Waals surface area contributed by atoms with Crippen LogP contribution in [0.5, 0.6) is 5.75 Å². The lowest BCUT2D eigenvalue weighted by atomic mass is 10.1. The number of urea groups is 1. The van der Waals surface area contributed by atoms with Gasteiger partial charge in [0.25, 0.3) is 5.91 Å². The maximum Gasteiger partial charge on any atom is 0.329 e. The summed E-state index contributed by atoms with van der Waals surface area (Å²) in [6.07, 6.45) is 3.54. The first-order chi connectivity index (χ1) is 17.9. The molecule has 4 aromatic rings. The Bertz CT molecular complexity index is 1560. The van der Waals surface area contributed by atoms with Gasteiger partial charge in [-0.3, -0.25) is 9.59 Å². The van der Waals surface area contributed by atoms with Gasteiger partial charge in [0.05, 0.1) is 12.8 Å². The van der Waals surface area contributed by atoms with Gasteiger partial charge in [-0.25, -0.2) is 9.69 Å². The summed E-state index contributed by atoms with van der Waals surface area (Å²) in [5.41, 5.74) is 3.22. The molecule has 0 atom stereocenters. The summed E-state index contributed by atoms with van der Waals surface area (Å²) in [7, 11) is 1.49. The summed E-state index contributed by atoms with van der Waals surface area (Å²) in [4.78, 5) is 39.1. The second-order valence-corrected chi connectivity index (χ2v) is 8.86. The first-order valence-electron chi connectivity index (χ1n) is 11.5. The van der Waals surface area contributed by atoms with Gasteiger partial charge in [0, 0.05) is 34.2 Å². The third-order valence-electron chi connectivity index (χ3n) is 6.06. The van der Waals surface area contributed by atoms with Gasteiger partial charge in [0.2, 0.25) is 5.91 Å². The van der Waals surface area contributed by atoms with Crippen LogP contribution in [0, 0.1) is 0 Å².